The lowest BCUT2D eigenvalue weighted by Crippen LogP contribution is -2.26. The monoisotopic (exact) mass is 315 g/mol. The van der Waals surface area contributed by atoms with E-state index < -0.39 is 10.8 Å². The topological polar surface area (TPSA) is 46.2 Å². The molecule has 3 nitrogen and oxygen atoms in total. The van der Waals surface area contributed by atoms with E-state index in [-0.39, 0.29) is 11.9 Å². The van der Waals surface area contributed by atoms with Gasteiger partial charge < -0.3 is 5.32 Å². The number of benzene rings is 2. The van der Waals surface area contributed by atoms with Gasteiger partial charge in [-0.1, -0.05) is 31.2 Å². The molecule has 22 heavy (non-hydrogen) atoms. The minimum absolute atomic E-state index is 0.0570. The second-order valence-electron chi connectivity index (χ2n) is 5.27. The summed E-state index contributed by atoms with van der Waals surface area (Å²) in [6, 6.07) is 15.1. The van der Waals surface area contributed by atoms with Gasteiger partial charge in [0, 0.05) is 27.5 Å². The highest BCUT2D eigenvalue weighted by atomic mass is 32.2. The van der Waals surface area contributed by atoms with Crippen LogP contribution in [0.2, 0.25) is 0 Å². The van der Waals surface area contributed by atoms with Crippen LogP contribution in [0.1, 0.15) is 41.4 Å². The summed E-state index contributed by atoms with van der Waals surface area (Å²) in [4.78, 5) is 13.0. The fraction of sp³-hybridized carbons (Fsp3) is 0.278. The molecule has 0 saturated heterocycles. The number of hydrogen-bond donors (Lipinski definition) is 1. The highest BCUT2D eigenvalue weighted by Crippen LogP contribution is 2.15. The van der Waals surface area contributed by atoms with Gasteiger partial charge in [0.05, 0.1) is 6.04 Å². The molecule has 0 aliphatic heterocycles. The molecule has 0 radical (unpaired) electrons. The van der Waals surface area contributed by atoms with Gasteiger partial charge in [-0.05, 0) is 48.7 Å². The first-order chi connectivity index (χ1) is 10.5. The quantitative estimate of drug-likeness (QED) is 0.918. The number of nitrogens with one attached hydrogen (secondary N) is 1. The standard InChI is InChI=1S/C18H21NO2S/c1-4-14-5-7-15(8-6-14)13(2)19-18(20)16-9-11-17(12-10-16)22(3)21/h5-13H,4H2,1-3H3,(H,19,20). The zero-order chi connectivity index (χ0) is 16.1. The summed E-state index contributed by atoms with van der Waals surface area (Å²) in [7, 11) is -1.03. The first-order valence-corrected chi connectivity index (χ1v) is 8.90. The van der Waals surface area contributed by atoms with Crippen molar-refractivity contribution >= 4 is 16.7 Å². The lowest BCUT2D eigenvalue weighted by molar-refractivity contribution is 0.0940. The maximum absolute atomic E-state index is 12.2. The lowest BCUT2D eigenvalue weighted by Gasteiger charge is -2.15. The molecule has 2 aromatic carbocycles. The second-order valence-corrected chi connectivity index (χ2v) is 6.65. The zero-order valence-electron chi connectivity index (χ0n) is 13.1. The van der Waals surface area contributed by atoms with Crippen LogP contribution in [-0.4, -0.2) is 16.4 Å². The van der Waals surface area contributed by atoms with Crippen LogP contribution < -0.4 is 5.32 Å². The Hall–Kier alpha value is -1.94. The Morgan fingerprint density at radius 2 is 1.68 bits per heavy atom. The van der Waals surface area contributed by atoms with Crippen LogP contribution >= 0.6 is 0 Å². The molecular weight excluding hydrogens is 294 g/mol. The SMILES string of the molecule is CCc1ccc(C(C)NC(=O)c2ccc(S(C)=O)cc2)cc1. The smallest absolute Gasteiger partial charge is 0.251 e. The number of carbonyl (C=O) groups is 1. The Morgan fingerprint density at radius 1 is 1.09 bits per heavy atom. The van der Waals surface area contributed by atoms with Gasteiger partial charge in [-0.15, -0.1) is 0 Å². The van der Waals surface area contributed by atoms with Crippen LogP contribution in [0.4, 0.5) is 0 Å². The predicted octanol–water partition coefficient (Wildman–Crippen LogP) is 3.48. The molecule has 0 heterocycles. The first kappa shape index (κ1) is 16.4. The van der Waals surface area contributed by atoms with Gasteiger partial charge in [0.1, 0.15) is 0 Å². The molecule has 2 atom stereocenters. The van der Waals surface area contributed by atoms with E-state index in [4.69, 9.17) is 0 Å². The number of rotatable bonds is 5. The molecule has 2 unspecified atom stereocenters. The Balaban J connectivity index is 2.05. The van der Waals surface area contributed by atoms with Gasteiger partial charge in [0.15, 0.2) is 0 Å². The van der Waals surface area contributed by atoms with Crippen LogP contribution in [0.25, 0.3) is 0 Å². The van der Waals surface area contributed by atoms with Gasteiger partial charge in [0.2, 0.25) is 0 Å². The molecule has 116 valence electrons. The van der Waals surface area contributed by atoms with E-state index in [1.807, 2.05) is 19.1 Å². The molecule has 2 aromatic rings. The normalized spacial score (nSPS) is 13.4. The fourth-order valence-electron chi connectivity index (χ4n) is 2.20. The number of carbonyl (C=O) groups excluding carboxylic acids is 1. The minimum Gasteiger partial charge on any atom is -0.346 e. The molecule has 0 aromatic heterocycles. The van der Waals surface area contributed by atoms with E-state index in [0.717, 1.165) is 16.9 Å². The maximum Gasteiger partial charge on any atom is 0.251 e. The molecule has 0 fully saturated rings. The summed E-state index contributed by atoms with van der Waals surface area (Å²) >= 11 is 0. The van der Waals surface area contributed by atoms with Crippen LogP contribution in [0.5, 0.6) is 0 Å². The largest absolute Gasteiger partial charge is 0.346 e. The lowest BCUT2D eigenvalue weighted by atomic mass is 10.0. The van der Waals surface area contributed by atoms with Crippen molar-refractivity contribution in [1.82, 2.24) is 5.32 Å². The molecule has 2 rings (SSSR count). The van der Waals surface area contributed by atoms with Crippen molar-refractivity contribution in [3.8, 4) is 0 Å². The summed E-state index contributed by atoms with van der Waals surface area (Å²) in [6.45, 7) is 4.08. The van der Waals surface area contributed by atoms with Crippen molar-refractivity contribution in [2.24, 2.45) is 0 Å². The molecule has 4 heteroatoms. The van der Waals surface area contributed by atoms with E-state index >= 15 is 0 Å². The van der Waals surface area contributed by atoms with E-state index in [9.17, 15) is 9.00 Å². The second kappa shape index (κ2) is 7.36. The summed E-state index contributed by atoms with van der Waals surface area (Å²) in [5, 5.41) is 2.98. The third-order valence-electron chi connectivity index (χ3n) is 3.68. The average Bonchev–Trinajstić information content (AvgIpc) is 2.54. The van der Waals surface area contributed by atoms with Crippen molar-refractivity contribution in [2.45, 2.75) is 31.2 Å². The van der Waals surface area contributed by atoms with Crippen LogP contribution in [-0.2, 0) is 17.2 Å². The molecule has 1 amide bonds. The van der Waals surface area contributed by atoms with Crippen molar-refractivity contribution in [3.05, 3.63) is 65.2 Å². The van der Waals surface area contributed by atoms with E-state index in [2.05, 4.69) is 24.4 Å². The van der Waals surface area contributed by atoms with Gasteiger partial charge in [0.25, 0.3) is 5.91 Å². The molecular formula is C18H21NO2S. The van der Waals surface area contributed by atoms with Crippen molar-refractivity contribution < 1.29 is 9.00 Å². The Kier molecular flexibility index (Phi) is 5.50. The van der Waals surface area contributed by atoms with Crippen molar-refractivity contribution in [1.29, 1.82) is 0 Å². The average molecular weight is 315 g/mol. The third-order valence-corrected chi connectivity index (χ3v) is 4.62. The first-order valence-electron chi connectivity index (χ1n) is 7.34. The minimum atomic E-state index is -1.03. The van der Waals surface area contributed by atoms with Crippen molar-refractivity contribution in [3.63, 3.8) is 0 Å². The highest BCUT2D eigenvalue weighted by molar-refractivity contribution is 7.84. The molecule has 0 bridgehead atoms. The van der Waals surface area contributed by atoms with Crippen LogP contribution in [0.15, 0.2) is 53.4 Å². The molecule has 0 spiro atoms. The fourth-order valence-corrected chi connectivity index (χ4v) is 2.72. The summed E-state index contributed by atoms with van der Waals surface area (Å²) in [5.74, 6) is -0.125. The Morgan fingerprint density at radius 3 is 2.18 bits per heavy atom. The van der Waals surface area contributed by atoms with E-state index in [0.29, 0.717) is 5.56 Å². The van der Waals surface area contributed by atoms with Crippen molar-refractivity contribution in [2.75, 3.05) is 6.26 Å². The van der Waals surface area contributed by atoms with Crippen LogP contribution in [0, 0.1) is 0 Å². The van der Waals surface area contributed by atoms with E-state index in [1.54, 1.807) is 30.5 Å². The van der Waals surface area contributed by atoms with Gasteiger partial charge >= 0.3 is 0 Å². The van der Waals surface area contributed by atoms with Gasteiger partial charge in [-0.2, -0.15) is 0 Å². The van der Waals surface area contributed by atoms with E-state index in [1.165, 1.54) is 5.56 Å². The highest BCUT2D eigenvalue weighted by Gasteiger charge is 2.11. The van der Waals surface area contributed by atoms with Gasteiger partial charge in [-0.3, -0.25) is 9.00 Å². The summed E-state index contributed by atoms with van der Waals surface area (Å²) < 4.78 is 11.4. The Labute approximate surface area is 134 Å². The van der Waals surface area contributed by atoms with Gasteiger partial charge in [-0.25, -0.2) is 0 Å². The number of hydrogen-bond acceptors (Lipinski definition) is 2. The predicted molar refractivity (Wildman–Crippen MR) is 90.5 cm³/mol. The number of aryl methyl sites for hydroxylation is 1. The summed E-state index contributed by atoms with van der Waals surface area (Å²) in [5.41, 5.74) is 2.94. The molecule has 1 N–H and O–H groups in total. The molecule has 0 aliphatic rings. The molecule has 0 aliphatic carbocycles. The van der Waals surface area contributed by atoms with Crippen LogP contribution in [0.3, 0.4) is 0 Å². The Bertz CT molecular complexity index is 662. The number of amides is 1. The molecule has 0 saturated carbocycles. The summed E-state index contributed by atoms with van der Waals surface area (Å²) in [6.07, 6.45) is 2.63. The maximum atomic E-state index is 12.2. The third kappa shape index (κ3) is 4.04. The zero-order valence-corrected chi connectivity index (χ0v) is 13.9.